The topological polar surface area (TPSA) is 49.4 Å². The average Bonchev–Trinajstić information content (AvgIpc) is 2.85. The molecular weight excluding hydrogens is 491 g/mol. The summed E-state index contributed by atoms with van der Waals surface area (Å²) in [6.45, 7) is 8.27. The van der Waals surface area contributed by atoms with Gasteiger partial charge in [-0.05, 0) is 67.1 Å². The maximum absolute atomic E-state index is 13.9. The van der Waals surface area contributed by atoms with E-state index in [2.05, 4.69) is 5.32 Å². The van der Waals surface area contributed by atoms with Gasteiger partial charge in [0.15, 0.2) is 0 Å². The molecule has 4 nitrogen and oxygen atoms in total. The zero-order valence-corrected chi connectivity index (χ0v) is 22.9. The summed E-state index contributed by atoms with van der Waals surface area (Å²) < 4.78 is 0. The Hall–Kier alpha value is -2.82. The molecule has 0 heterocycles. The second-order valence-corrected chi connectivity index (χ2v) is 10.2. The Morgan fingerprint density at radius 2 is 1.64 bits per heavy atom. The molecule has 0 spiro atoms. The zero-order valence-electron chi connectivity index (χ0n) is 21.4. The minimum Gasteiger partial charge on any atom is -0.352 e. The molecular formula is C30H34Cl2N2O2. The number of nitrogens with zero attached hydrogens (tertiary/aromatic N) is 1. The predicted molar refractivity (Wildman–Crippen MR) is 148 cm³/mol. The molecule has 0 bridgehead atoms. The lowest BCUT2D eigenvalue weighted by molar-refractivity contribution is -0.141. The first-order valence-corrected chi connectivity index (χ1v) is 13.1. The lowest BCUT2D eigenvalue weighted by Crippen LogP contribution is -2.52. The van der Waals surface area contributed by atoms with E-state index in [1.807, 2.05) is 82.3 Å². The number of hydrogen-bond donors (Lipinski definition) is 1. The molecule has 3 aromatic carbocycles. The third-order valence-electron chi connectivity index (χ3n) is 6.55. The lowest BCUT2D eigenvalue weighted by atomic mass is 10.00. The molecule has 0 unspecified atom stereocenters. The number of carbonyl (C=O) groups is 2. The van der Waals surface area contributed by atoms with Gasteiger partial charge in [-0.15, -0.1) is 0 Å². The second kappa shape index (κ2) is 12.9. The van der Waals surface area contributed by atoms with Crippen molar-refractivity contribution < 1.29 is 9.59 Å². The Labute approximate surface area is 224 Å². The SMILES string of the molecule is CC[C@@H](C)NC(=O)[C@H](Cc1ccccc1)N(Cc1ccc(Cl)cc1Cl)C(=O)Cc1ccc(C)c(C)c1. The monoisotopic (exact) mass is 524 g/mol. The number of benzene rings is 3. The molecule has 0 radical (unpaired) electrons. The summed E-state index contributed by atoms with van der Waals surface area (Å²) in [5.41, 5.74) is 4.93. The van der Waals surface area contributed by atoms with Crippen LogP contribution < -0.4 is 5.32 Å². The molecule has 0 saturated heterocycles. The maximum atomic E-state index is 13.9. The van der Waals surface area contributed by atoms with Crippen LogP contribution in [-0.4, -0.2) is 28.8 Å². The van der Waals surface area contributed by atoms with Gasteiger partial charge in [-0.25, -0.2) is 0 Å². The molecule has 6 heteroatoms. The number of aryl methyl sites for hydroxylation is 2. The van der Waals surface area contributed by atoms with Gasteiger partial charge in [0, 0.05) is 29.1 Å². The fourth-order valence-electron chi connectivity index (χ4n) is 4.02. The van der Waals surface area contributed by atoms with Crippen LogP contribution in [-0.2, 0) is 29.0 Å². The van der Waals surface area contributed by atoms with Crippen molar-refractivity contribution in [2.24, 2.45) is 0 Å². The summed E-state index contributed by atoms with van der Waals surface area (Å²) in [6, 6.07) is 20.3. The Kier molecular flexibility index (Phi) is 9.98. The Bertz CT molecular complexity index is 1200. The first-order chi connectivity index (χ1) is 17.2. The van der Waals surface area contributed by atoms with Gasteiger partial charge in [0.1, 0.15) is 6.04 Å². The van der Waals surface area contributed by atoms with Crippen molar-refractivity contribution in [3.05, 3.63) is 105 Å². The van der Waals surface area contributed by atoms with Gasteiger partial charge in [-0.1, -0.05) is 84.7 Å². The van der Waals surface area contributed by atoms with E-state index in [1.165, 1.54) is 5.56 Å². The van der Waals surface area contributed by atoms with E-state index < -0.39 is 6.04 Å². The highest BCUT2D eigenvalue weighted by molar-refractivity contribution is 6.35. The molecule has 0 aliphatic rings. The highest BCUT2D eigenvalue weighted by Gasteiger charge is 2.31. The minimum atomic E-state index is -0.702. The van der Waals surface area contributed by atoms with Crippen LogP contribution in [0.15, 0.2) is 66.7 Å². The standard InChI is InChI=1S/C30H34Cl2N2O2/c1-5-22(4)33-30(36)28(16-23-9-7-6-8-10-23)34(19-25-13-14-26(31)18-27(25)32)29(35)17-24-12-11-20(2)21(3)15-24/h6-15,18,22,28H,5,16-17,19H2,1-4H3,(H,33,36)/t22-,28+/m1/s1. The summed E-state index contributed by atoms with van der Waals surface area (Å²) in [5.74, 6) is -0.309. The van der Waals surface area contributed by atoms with Crippen LogP contribution in [0.3, 0.4) is 0 Å². The molecule has 2 atom stereocenters. The third kappa shape index (κ3) is 7.59. The summed E-state index contributed by atoms with van der Waals surface area (Å²) in [5, 5.41) is 4.07. The number of carbonyl (C=O) groups excluding carboxylic acids is 2. The maximum Gasteiger partial charge on any atom is 0.243 e. The van der Waals surface area contributed by atoms with Crippen molar-refractivity contribution in [3.8, 4) is 0 Å². The predicted octanol–water partition coefficient (Wildman–Crippen LogP) is 6.71. The molecule has 3 rings (SSSR count). The van der Waals surface area contributed by atoms with Crippen molar-refractivity contribution in [2.75, 3.05) is 0 Å². The molecule has 3 aromatic rings. The van der Waals surface area contributed by atoms with Crippen molar-refractivity contribution in [1.82, 2.24) is 10.2 Å². The highest BCUT2D eigenvalue weighted by Crippen LogP contribution is 2.25. The molecule has 0 aliphatic carbocycles. The zero-order chi connectivity index (χ0) is 26.2. The fraction of sp³-hybridized carbons (Fsp3) is 0.333. The van der Waals surface area contributed by atoms with Crippen molar-refractivity contribution >= 4 is 35.0 Å². The second-order valence-electron chi connectivity index (χ2n) is 9.38. The van der Waals surface area contributed by atoms with Crippen LogP contribution in [0.4, 0.5) is 0 Å². The van der Waals surface area contributed by atoms with E-state index in [0.29, 0.717) is 16.5 Å². The van der Waals surface area contributed by atoms with Crippen LogP contribution in [0.2, 0.25) is 10.0 Å². The molecule has 0 aliphatic heterocycles. The van der Waals surface area contributed by atoms with Crippen LogP contribution in [0.5, 0.6) is 0 Å². The number of nitrogens with one attached hydrogen (secondary N) is 1. The quantitative estimate of drug-likeness (QED) is 0.320. The molecule has 1 N–H and O–H groups in total. The van der Waals surface area contributed by atoms with Gasteiger partial charge in [0.2, 0.25) is 11.8 Å². The van der Waals surface area contributed by atoms with E-state index >= 15 is 0 Å². The van der Waals surface area contributed by atoms with Gasteiger partial charge in [-0.2, -0.15) is 0 Å². The Balaban J connectivity index is 2.01. The highest BCUT2D eigenvalue weighted by atomic mass is 35.5. The minimum absolute atomic E-state index is 0.00778. The number of hydrogen-bond acceptors (Lipinski definition) is 2. The van der Waals surface area contributed by atoms with E-state index in [4.69, 9.17) is 23.2 Å². The molecule has 36 heavy (non-hydrogen) atoms. The van der Waals surface area contributed by atoms with Crippen LogP contribution in [0.25, 0.3) is 0 Å². The first-order valence-electron chi connectivity index (χ1n) is 12.3. The smallest absolute Gasteiger partial charge is 0.243 e. The van der Waals surface area contributed by atoms with Gasteiger partial charge in [0.25, 0.3) is 0 Å². The summed E-state index contributed by atoms with van der Waals surface area (Å²) >= 11 is 12.6. The van der Waals surface area contributed by atoms with E-state index in [-0.39, 0.29) is 30.8 Å². The van der Waals surface area contributed by atoms with Crippen LogP contribution in [0, 0.1) is 13.8 Å². The van der Waals surface area contributed by atoms with Crippen molar-refractivity contribution in [3.63, 3.8) is 0 Å². The number of amides is 2. The number of halogens is 2. The molecule has 0 saturated carbocycles. The van der Waals surface area contributed by atoms with Crippen molar-refractivity contribution in [2.45, 2.75) is 65.6 Å². The van der Waals surface area contributed by atoms with E-state index in [1.54, 1.807) is 17.0 Å². The van der Waals surface area contributed by atoms with Gasteiger partial charge in [0.05, 0.1) is 6.42 Å². The Morgan fingerprint density at radius 1 is 0.917 bits per heavy atom. The largest absolute Gasteiger partial charge is 0.352 e. The normalized spacial score (nSPS) is 12.6. The fourth-order valence-corrected chi connectivity index (χ4v) is 4.49. The Morgan fingerprint density at radius 3 is 2.28 bits per heavy atom. The summed E-state index contributed by atoms with van der Waals surface area (Å²) in [6.07, 6.45) is 1.38. The van der Waals surface area contributed by atoms with Gasteiger partial charge < -0.3 is 10.2 Å². The lowest BCUT2D eigenvalue weighted by Gasteiger charge is -2.32. The van der Waals surface area contributed by atoms with E-state index in [9.17, 15) is 9.59 Å². The first kappa shape index (κ1) is 27.8. The van der Waals surface area contributed by atoms with Gasteiger partial charge in [-0.3, -0.25) is 9.59 Å². The van der Waals surface area contributed by atoms with Crippen LogP contribution in [0.1, 0.15) is 48.1 Å². The third-order valence-corrected chi connectivity index (χ3v) is 7.14. The van der Waals surface area contributed by atoms with Crippen LogP contribution >= 0.6 is 23.2 Å². The summed E-state index contributed by atoms with van der Waals surface area (Å²) in [4.78, 5) is 29.1. The average molecular weight is 526 g/mol. The molecule has 0 aromatic heterocycles. The number of rotatable bonds is 10. The molecule has 190 valence electrons. The molecule has 0 fully saturated rings. The molecule has 2 amide bonds. The van der Waals surface area contributed by atoms with Gasteiger partial charge >= 0.3 is 0 Å². The summed E-state index contributed by atoms with van der Waals surface area (Å²) in [7, 11) is 0. The van der Waals surface area contributed by atoms with E-state index in [0.717, 1.165) is 28.7 Å². The van der Waals surface area contributed by atoms with Crippen molar-refractivity contribution in [1.29, 1.82) is 0 Å².